The van der Waals surface area contributed by atoms with Crippen LogP contribution >= 0.6 is 22.6 Å². The van der Waals surface area contributed by atoms with Gasteiger partial charge >= 0.3 is 5.97 Å². The summed E-state index contributed by atoms with van der Waals surface area (Å²) in [6.45, 7) is 1.79. The van der Waals surface area contributed by atoms with Gasteiger partial charge in [-0.25, -0.2) is 13.2 Å². The number of carbonyl (C=O) groups excluding carboxylic acids is 2. The predicted octanol–water partition coefficient (Wildman–Crippen LogP) is 1.48. The number of rotatable bonds is 5. The van der Waals surface area contributed by atoms with Crippen LogP contribution in [-0.4, -0.2) is 55.9 Å². The molecule has 1 amide bonds. The van der Waals surface area contributed by atoms with Crippen molar-refractivity contribution in [3.05, 3.63) is 33.4 Å². The van der Waals surface area contributed by atoms with E-state index >= 15 is 0 Å². The lowest BCUT2D eigenvalue weighted by Gasteiger charge is -2.26. The number of hydrogen-bond acceptors (Lipinski definition) is 5. The van der Waals surface area contributed by atoms with Crippen LogP contribution < -0.4 is 0 Å². The topological polar surface area (TPSA) is 80.8 Å². The van der Waals surface area contributed by atoms with Crippen molar-refractivity contribution in [3.8, 4) is 0 Å². The van der Waals surface area contributed by atoms with Crippen molar-refractivity contribution < 1.29 is 22.7 Å². The van der Waals surface area contributed by atoms with E-state index in [1.165, 1.54) is 4.90 Å². The van der Waals surface area contributed by atoms with Crippen LogP contribution in [0.1, 0.15) is 23.7 Å². The number of benzene rings is 1. The van der Waals surface area contributed by atoms with Crippen LogP contribution in [0.15, 0.2) is 24.3 Å². The molecule has 0 aromatic heterocycles. The average molecular weight is 451 g/mol. The Kier molecular flexibility index (Phi) is 6.01. The molecule has 1 heterocycles. The maximum atomic E-state index is 12.2. The van der Waals surface area contributed by atoms with Crippen LogP contribution in [0.4, 0.5) is 0 Å². The van der Waals surface area contributed by atoms with E-state index in [1.54, 1.807) is 25.1 Å². The van der Waals surface area contributed by atoms with Gasteiger partial charge in [0.15, 0.2) is 16.4 Å². The van der Waals surface area contributed by atoms with Crippen LogP contribution in [-0.2, 0) is 19.4 Å². The summed E-state index contributed by atoms with van der Waals surface area (Å²) in [4.78, 5) is 25.7. The SMILES string of the molecule is CCN(C(=O)COC(=O)c1cccc(I)c1)C1CCS(=O)(=O)C1. The molecule has 0 radical (unpaired) electrons. The minimum Gasteiger partial charge on any atom is -0.452 e. The third kappa shape index (κ3) is 4.90. The summed E-state index contributed by atoms with van der Waals surface area (Å²) >= 11 is 2.09. The molecule has 1 saturated heterocycles. The molecular formula is C15H18INO5S. The molecule has 1 atom stereocenters. The molecule has 0 saturated carbocycles. The number of nitrogens with zero attached hydrogens (tertiary/aromatic N) is 1. The fourth-order valence-corrected chi connectivity index (χ4v) is 4.84. The maximum Gasteiger partial charge on any atom is 0.338 e. The highest BCUT2D eigenvalue weighted by Crippen LogP contribution is 2.18. The molecule has 0 N–H and O–H groups in total. The van der Waals surface area contributed by atoms with E-state index in [4.69, 9.17) is 4.74 Å². The van der Waals surface area contributed by atoms with Crippen molar-refractivity contribution in [1.29, 1.82) is 0 Å². The zero-order valence-electron chi connectivity index (χ0n) is 12.7. The molecule has 1 aliphatic rings. The number of carbonyl (C=O) groups is 2. The van der Waals surface area contributed by atoms with E-state index in [0.717, 1.165) is 3.57 Å². The number of likely N-dealkylation sites (N-methyl/N-ethyl adjacent to an activating group) is 1. The molecule has 2 rings (SSSR count). The zero-order valence-corrected chi connectivity index (χ0v) is 15.7. The minimum absolute atomic E-state index is 0.0165. The van der Waals surface area contributed by atoms with Gasteiger partial charge in [0.2, 0.25) is 0 Å². The molecule has 1 aliphatic heterocycles. The van der Waals surface area contributed by atoms with Gasteiger partial charge in [0.25, 0.3) is 5.91 Å². The van der Waals surface area contributed by atoms with Gasteiger partial charge in [-0.05, 0) is 54.1 Å². The van der Waals surface area contributed by atoms with Crippen LogP contribution in [0.2, 0.25) is 0 Å². The van der Waals surface area contributed by atoms with Crippen molar-refractivity contribution in [2.24, 2.45) is 0 Å². The smallest absolute Gasteiger partial charge is 0.338 e. The largest absolute Gasteiger partial charge is 0.452 e. The summed E-state index contributed by atoms with van der Waals surface area (Å²) < 4.78 is 29.0. The minimum atomic E-state index is -3.07. The van der Waals surface area contributed by atoms with Gasteiger partial charge in [-0.15, -0.1) is 0 Å². The summed E-state index contributed by atoms with van der Waals surface area (Å²) in [7, 11) is -3.07. The first-order valence-electron chi connectivity index (χ1n) is 7.25. The van der Waals surface area contributed by atoms with Crippen molar-refractivity contribution in [2.75, 3.05) is 24.7 Å². The van der Waals surface area contributed by atoms with Crippen LogP contribution in [0.5, 0.6) is 0 Å². The van der Waals surface area contributed by atoms with E-state index in [-0.39, 0.29) is 30.1 Å². The number of hydrogen-bond donors (Lipinski definition) is 0. The van der Waals surface area contributed by atoms with Crippen LogP contribution in [0, 0.1) is 3.57 Å². The Bertz CT molecular complexity index is 704. The van der Waals surface area contributed by atoms with Gasteiger partial charge in [0.05, 0.1) is 17.1 Å². The number of halogens is 1. The Morgan fingerprint density at radius 2 is 2.13 bits per heavy atom. The molecule has 0 aliphatic carbocycles. The Balaban J connectivity index is 1.94. The van der Waals surface area contributed by atoms with E-state index in [1.807, 2.05) is 6.07 Å². The summed E-state index contributed by atoms with van der Waals surface area (Å²) in [6, 6.07) is 6.56. The Hall–Kier alpha value is -1.16. The van der Waals surface area contributed by atoms with E-state index in [0.29, 0.717) is 18.5 Å². The Morgan fingerprint density at radius 1 is 1.39 bits per heavy atom. The lowest BCUT2D eigenvalue weighted by molar-refractivity contribution is -0.136. The summed E-state index contributed by atoms with van der Waals surface area (Å²) in [5.74, 6) is -0.846. The van der Waals surface area contributed by atoms with Gasteiger partial charge in [0, 0.05) is 16.2 Å². The van der Waals surface area contributed by atoms with E-state index in [2.05, 4.69) is 22.6 Å². The first-order chi connectivity index (χ1) is 10.8. The summed E-state index contributed by atoms with van der Waals surface area (Å²) in [5, 5.41) is 0. The first kappa shape index (κ1) is 18.2. The quantitative estimate of drug-likeness (QED) is 0.501. The van der Waals surface area contributed by atoms with Crippen molar-refractivity contribution in [3.63, 3.8) is 0 Å². The highest BCUT2D eigenvalue weighted by Gasteiger charge is 2.34. The second-order valence-electron chi connectivity index (χ2n) is 5.32. The van der Waals surface area contributed by atoms with Gasteiger partial charge in [0.1, 0.15) is 0 Å². The average Bonchev–Trinajstić information content (AvgIpc) is 2.85. The fourth-order valence-electron chi connectivity index (χ4n) is 2.57. The molecule has 23 heavy (non-hydrogen) atoms. The number of esters is 1. The molecule has 1 fully saturated rings. The highest BCUT2D eigenvalue weighted by atomic mass is 127. The molecule has 8 heteroatoms. The molecule has 0 spiro atoms. The number of sulfone groups is 1. The van der Waals surface area contributed by atoms with E-state index in [9.17, 15) is 18.0 Å². The van der Waals surface area contributed by atoms with Crippen molar-refractivity contribution in [1.82, 2.24) is 4.90 Å². The zero-order chi connectivity index (χ0) is 17.0. The predicted molar refractivity (Wildman–Crippen MR) is 93.9 cm³/mol. The standard InChI is InChI=1S/C15H18INO5S/c1-2-17(13-6-7-23(20,21)10-13)14(18)9-22-15(19)11-4-3-5-12(16)8-11/h3-5,8,13H,2,6-7,9-10H2,1H3. The second kappa shape index (κ2) is 7.61. The molecule has 6 nitrogen and oxygen atoms in total. The van der Waals surface area contributed by atoms with Crippen molar-refractivity contribution >= 4 is 44.3 Å². The van der Waals surface area contributed by atoms with Gasteiger partial charge in [-0.2, -0.15) is 0 Å². The highest BCUT2D eigenvalue weighted by molar-refractivity contribution is 14.1. The van der Waals surface area contributed by atoms with Crippen molar-refractivity contribution in [2.45, 2.75) is 19.4 Å². The molecule has 126 valence electrons. The summed E-state index contributed by atoms with van der Waals surface area (Å²) in [5.41, 5.74) is 0.385. The normalized spacial score (nSPS) is 19.3. The second-order valence-corrected chi connectivity index (χ2v) is 8.80. The maximum absolute atomic E-state index is 12.2. The molecular weight excluding hydrogens is 433 g/mol. The Labute approximate surface area is 149 Å². The molecule has 1 aromatic rings. The third-order valence-electron chi connectivity index (χ3n) is 3.70. The van der Waals surface area contributed by atoms with E-state index < -0.39 is 15.8 Å². The number of ether oxygens (including phenoxy) is 1. The number of amides is 1. The monoisotopic (exact) mass is 451 g/mol. The third-order valence-corrected chi connectivity index (χ3v) is 6.12. The van der Waals surface area contributed by atoms with Gasteiger partial charge in [-0.3, -0.25) is 4.79 Å². The van der Waals surface area contributed by atoms with Gasteiger partial charge in [-0.1, -0.05) is 6.07 Å². The van der Waals surface area contributed by atoms with Gasteiger partial charge < -0.3 is 9.64 Å². The molecule has 1 unspecified atom stereocenters. The molecule has 1 aromatic carbocycles. The first-order valence-corrected chi connectivity index (χ1v) is 10.1. The van der Waals surface area contributed by atoms with Crippen LogP contribution in [0.25, 0.3) is 0 Å². The molecule has 0 bridgehead atoms. The lowest BCUT2D eigenvalue weighted by atomic mass is 10.2. The summed E-state index contributed by atoms with van der Waals surface area (Å²) in [6.07, 6.45) is 0.437. The van der Waals surface area contributed by atoms with Crippen LogP contribution in [0.3, 0.4) is 0 Å². The Morgan fingerprint density at radius 3 is 2.70 bits per heavy atom. The lowest BCUT2D eigenvalue weighted by Crippen LogP contribution is -2.43. The fraction of sp³-hybridized carbons (Fsp3) is 0.467.